The van der Waals surface area contributed by atoms with Crippen LogP contribution in [-0.2, 0) is 21.2 Å². The summed E-state index contributed by atoms with van der Waals surface area (Å²) in [6.07, 6.45) is -4.66. The van der Waals surface area contributed by atoms with Gasteiger partial charge in [-0.1, -0.05) is 12.1 Å². The molecule has 0 aliphatic carbocycles. The zero-order chi connectivity index (χ0) is 17.0. The van der Waals surface area contributed by atoms with Gasteiger partial charge in [-0.15, -0.1) is 0 Å². The number of halogens is 3. The van der Waals surface area contributed by atoms with Gasteiger partial charge in [0.15, 0.2) is 0 Å². The number of carbonyl (C=O) groups is 1. The van der Waals surface area contributed by atoms with E-state index >= 15 is 0 Å². The van der Waals surface area contributed by atoms with Gasteiger partial charge in [-0.3, -0.25) is 9.52 Å². The molecule has 0 heterocycles. The predicted molar refractivity (Wildman–Crippen MR) is 76.9 cm³/mol. The summed E-state index contributed by atoms with van der Waals surface area (Å²) in [6, 6.07) is 5.86. The van der Waals surface area contributed by atoms with Crippen LogP contribution in [0.1, 0.15) is 19.4 Å². The van der Waals surface area contributed by atoms with Crippen LogP contribution < -0.4 is 10.0 Å². The van der Waals surface area contributed by atoms with Gasteiger partial charge in [0.25, 0.3) is 0 Å². The zero-order valence-corrected chi connectivity index (χ0v) is 12.9. The molecule has 22 heavy (non-hydrogen) atoms. The molecule has 124 valence electrons. The summed E-state index contributed by atoms with van der Waals surface area (Å²) in [5.74, 6) is -0.757. The molecule has 0 aromatic heterocycles. The average Bonchev–Trinajstić information content (AvgIpc) is 2.37. The van der Waals surface area contributed by atoms with Crippen LogP contribution >= 0.6 is 0 Å². The topological polar surface area (TPSA) is 75.3 Å². The summed E-state index contributed by atoms with van der Waals surface area (Å²) in [5, 5.41) is 1.17. The Balaban J connectivity index is 2.61. The Morgan fingerprint density at radius 3 is 2.18 bits per heavy atom. The average molecular weight is 338 g/mol. The first kappa shape index (κ1) is 18.3. The molecule has 0 radical (unpaired) electrons. The Labute approximate surface area is 127 Å². The number of rotatable bonds is 6. The molecule has 0 aliphatic heterocycles. The van der Waals surface area contributed by atoms with Crippen LogP contribution in [0, 0.1) is 0 Å². The van der Waals surface area contributed by atoms with Gasteiger partial charge in [0.05, 0.1) is 11.7 Å². The minimum absolute atomic E-state index is 0.215. The number of sulfonamides is 1. The first-order chi connectivity index (χ1) is 9.99. The van der Waals surface area contributed by atoms with Crippen molar-refractivity contribution in [2.24, 2.45) is 0 Å². The number of amides is 1. The number of anilines is 1. The molecular weight excluding hydrogens is 321 g/mol. The van der Waals surface area contributed by atoms with Crippen molar-refractivity contribution in [2.75, 3.05) is 11.3 Å². The maximum atomic E-state index is 12.0. The minimum Gasteiger partial charge on any atom is -0.347 e. The van der Waals surface area contributed by atoms with E-state index in [1.165, 1.54) is 38.1 Å². The molecule has 1 amide bonds. The summed E-state index contributed by atoms with van der Waals surface area (Å²) in [7, 11) is -3.47. The summed E-state index contributed by atoms with van der Waals surface area (Å²) in [5.41, 5.74) is 0.806. The molecular formula is C13H17F3N2O3S. The molecule has 1 aromatic carbocycles. The van der Waals surface area contributed by atoms with Gasteiger partial charge in [0.2, 0.25) is 15.9 Å². The summed E-state index contributed by atoms with van der Waals surface area (Å²) < 4.78 is 61.5. The molecule has 2 N–H and O–H groups in total. The van der Waals surface area contributed by atoms with Crippen molar-refractivity contribution in [3.8, 4) is 0 Å². The van der Waals surface area contributed by atoms with E-state index in [1.54, 1.807) is 5.32 Å². The molecule has 0 atom stereocenters. The van der Waals surface area contributed by atoms with Crippen molar-refractivity contribution < 1.29 is 26.4 Å². The van der Waals surface area contributed by atoms with Crippen LogP contribution in [0.3, 0.4) is 0 Å². The minimum atomic E-state index is -4.45. The van der Waals surface area contributed by atoms with Crippen LogP contribution in [0.2, 0.25) is 0 Å². The smallest absolute Gasteiger partial charge is 0.347 e. The predicted octanol–water partition coefficient (Wildman–Crippen LogP) is 2.06. The number of alkyl halides is 3. The number of benzene rings is 1. The molecule has 5 nitrogen and oxygen atoms in total. The van der Waals surface area contributed by atoms with Gasteiger partial charge in [-0.25, -0.2) is 8.42 Å². The highest BCUT2D eigenvalue weighted by Crippen LogP contribution is 2.15. The van der Waals surface area contributed by atoms with Crippen LogP contribution in [-0.4, -0.2) is 32.3 Å². The van der Waals surface area contributed by atoms with Crippen molar-refractivity contribution in [1.29, 1.82) is 0 Å². The number of nitrogens with one attached hydrogen (secondary N) is 2. The third kappa shape index (κ3) is 6.33. The molecule has 1 rings (SSSR count). The highest BCUT2D eigenvalue weighted by atomic mass is 32.2. The van der Waals surface area contributed by atoms with Crippen molar-refractivity contribution in [2.45, 2.75) is 31.7 Å². The Hall–Kier alpha value is -1.77. The Morgan fingerprint density at radius 1 is 1.18 bits per heavy atom. The second-order valence-electron chi connectivity index (χ2n) is 4.96. The molecule has 1 aromatic rings. The molecule has 9 heteroatoms. The fraction of sp³-hybridized carbons (Fsp3) is 0.462. The maximum Gasteiger partial charge on any atom is 0.405 e. The van der Waals surface area contributed by atoms with E-state index in [1.807, 2.05) is 0 Å². The van der Waals surface area contributed by atoms with E-state index in [0.29, 0.717) is 11.3 Å². The highest BCUT2D eigenvalue weighted by molar-refractivity contribution is 7.93. The van der Waals surface area contributed by atoms with E-state index in [0.717, 1.165) is 0 Å². The first-order valence-electron chi connectivity index (χ1n) is 6.43. The second-order valence-corrected chi connectivity index (χ2v) is 7.20. The zero-order valence-electron chi connectivity index (χ0n) is 12.1. The third-order valence-electron chi connectivity index (χ3n) is 2.69. The van der Waals surface area contributed by atoms with Crippen LogP contribution in [0.15, 0.2) is 24.3 Å². The van der Waals surface area contributed by atoms with Gasteiger partial charge < -0.3 is 5.32 Å². The second kappa shape index (κ2) is 6.99. The Bertz CT molecular complexity index is 610. The molecule has 0 bridgehead atoms. The lowest BCUT2D eigenvalue weighted by atomic mass is 10.1. The summed E-state index contributed by atoms with van der Waals surface area (Å²) >= 11 is 0. The normalized spacial score (nSPS) is 12.3. The lowest BCUT2D eigenvalue weighted by Gasteiger charge is -2.11. The van der Waals surface area contributed by atoms with Gasteiger partial charge in [0, 0.05) is 5.69 Å². The molecule has 0 unspecified atom stereocenters. The number of hydrogen-bond acceptors (Lipinski definition) is 3. The molecule has 0 saturated heterocycles. The fourth-order valence-corrected chi connectivity index (χ4v) is 2.12. The van der Waals surface area contributed by atoms with Crippen molar-refractivity contribution in [3.63, 3.8) is 0 Å². The van der Waals surface area contributed by atoms with E-state index in [9.17, 15) is 26.4 Å². The third-order valence-corrected chi connectivity index (χ3v) is 4.45. The largest absolute Gasteiger partial charge is 0.405 e. The highest BCUT2D eigenvalue weighted by Gasteiger charge is 2.27. The van der Waals surface area contributed by atoms with Crippen LogP contribution in [0.5, 0.6) is 0 Å². The van der Waals surface area contributed by atoms with E-state index in [-0.39, 0.29) is 6.42 Å². The number of hydrogen-bond donors (Lipinski definition) is 2. The molecule has 0 spiro atoms. The lowest BCUT2D eigenvalue weighted by molar-refractivity contribution is -0.138. The quantitative estimate of drug-likeness (QED) is 0.834. The van der Waals surface area contributed by atoms with Gasteiger partial charge in [0.1, 0.15) is 6.54 Å². The first-order valence-corrected chi connectivity index (χ1v) is 7.98. The van der Waals surface area contributed by atoms with E-state index < -0.39 is 33.9 Å². The fourth-order valence-electron chi connectivity index (χ4n) is 1.42. The molecule has 0 saturated carbocycles. The van der Waals surface area contributed by atoms with Gasteiger partial charge in [-0.2, -0.15) is 13.2 Å². The van der Waals surface area contributed by atoms with Crippen molar-refractivity contribution >= 4 is 21.6 Å². The van der Waals surface area contributed by atoms with E-state index in [4.69, 9.17) is 0 Å². The molecule has 0 fully saturated rings. The van der Waals surface area contributed by atoms with E-state index in [2.05, 4.69) is 4.72 Å². The lowest BCUT2D eigenvalue weighted by Crippen LogP contribution is -2.34. The van der Waals surface area contributed by atoms with Gasteiger partial charge >= 0.3 is 6.18 Å². The maximum absolute atomic E-state index is 12.0. The van der Waals surface area contributed by atoms with Crippen LogP contribution in [0.4, 0.5) is 18.9 Å². The standard InChI is InChI=1S/C13H17F3N2O3S/c1-9(2)22(20,21)18-11-5-3-10(4-6-11)7-12(19)17-8-13(14,15)16/h3-6,9,18H,7-8H2,1-2H3,(H,17,19). The molecule has 0 aliphatic rings. The van der Waals surface area contributed by atoms with Gasteiger partial charge in [-0.05, 0) is 31.5 Å². The van der Waals surface area contributed by atoms with Crippen molar-refractivity contribution in [3.05, 3.63) is 29.8 Å². The summed E-state index contributed by atoms with van der Waals surface area (Å²) in [6.45, 7) is 1.68. The SMILES string of the molecule is CC(C)S(=O)(=O)Nc1ccc(CC(=O)NCC(F)(F)F)cc1. The Morgan fingerprint density at radius 2 is 1.73 bits per heavy atom. The monoisotopic (exact) mass is 338 g/mol. The van der Waals surface area contributed by atoms with Crippen molar-refractivity contribution in [1.82, 2.24) is 5.32 Å². The number of carbonyl (C=O) groups excluding carboxylic acids is 1. The van der Waals surface area contributed by atoms with Crippen LogP contribution in [0.25, 0.3) is 0 Å². The Kier molecular flexibility index (Phi) is 5.81. The summed E-state index contributed by atoms with van der Waals surface area (Å²) in [4.78, 5) is 11.3.